The van der Waals surface area contributed by atoms with Gasteiger partial charge in [0.25, 0.3) is 0 Å². The minimum atomic E-state index is -1.18. The number of rotatable bonds is 7. The Balaban J connectivity index is 0.00000353. The molecule has 39 heavy (non-hydrogen) atoms. The summed E-state index contributed by atoms with van der Waals surface area (Å²) < 4.78 is 25.1. The van der Waals surface area contributed by atoms with Crippen molar-refractivity contribution >= 4 is 35.0 Å². The number of aromatic nitrogens is 2. The van der Waals surface area contributed by atoms with Crippen LogP contribution in [0.3, 0.4) is 0 Å². The standard InChI is InChI=1S/C28H19Cl2FN2O5.Na/c29-21-7-3-16(11-23(21)31)24-8-4-17(32-33-24)12-25(34)15-1-5-18(6-2-15)38-27-14-26-20(13-22(27)30)19(28(35)36)9-10-37-26;/h1-8,11,13-14,19H,9-10,12H2,(H,35,36);/q;+1/p-1. The van der Waals surface area contributed by atoms with Crippen molar-refractivity contribution in [3.05, 3.63) is 99.4 Å². The zero-order valence-corrected chi connectivity index (χ0v) is 24.1. The molecule has 1 unspecified atom stereocenters. The van der Waals surface area contributed by atoms with Crippen LogP contribution in [0.2, 0.25) is 10.0 Å². The number of carboxylic acid groups (broad SMARTS) is 1. The number of halogens is 3. The van der Waals surface area contributed by atoms with E-state index >= 15 is 0 Å². The van der Waals surface area contributed by atoms with Crippen molar-refractivity contribution in [2.24, 2.45) is 0 Å². The molecular weight excluding hydrogens is 557 g/mol. The van der Waals surface area contributed by atoms with E-state index in [-0.39, 0.29) is 58.4 Å². The number of fused-ring (bicyclic) bond motifs is 1. The summed E-state index contributed by atoms with van der Waals surface area (Å²) in [5.74, 6) is -1.61. The molecule has 0 spiro atoms. The third-order valence-corrected chi connectivity index (χ3v) is 6.67. The van der Waals surface area contributed by atoms with Crippen molar-refractivity contribution in [2.75, 3.05) is 6.61 Å². The van der Waals surface area contributed by atoms with E-state index in [1.807, 2.05) is 0 Å². The molecule has 0 radical (unpaired) electrons. The topological polar surface area (TPSA) is 101 Å². The van der Waals surface area contributed by atoms with Crippen molar-refractivity contribution in [2.45, 2.75) is 18.8 Å². The average Bonchev–Trinajstić information content (AvgIpc) is 2.91. The Morgan fingerprint density at radius 3 is 2.44 bits per heavy atom. The summed E-state index contributed by atoms with van der Waals surface area (Å²) in [6.45, 7) is 0.246. The molecule has 192 valence electrons. The quantitative estimate of drug-likeness (QED) is 0.247. The van der Waals surface area contributed by atoms with Gasteiger partial charge in [0.15, 0.2) is 5.78 Å². The van der Waals surface area contributed by atoms with E-state index < -0.39 is 17.7 Å². The van der Waals surface area contributed by atoms with Gasteiger partial charge in [0, 0.05) is 34.6 Å². The van der Waals surface area contributed by atoms with Crippen LogP contribution in [-0.2, 0) is 11.2 Å². The van der Waals surface area contributed by atoms with Crippen LogP contribution in [0.15, 0.2) is 66.7 Å². The van der Waals surface area contributed by atoms with E-state index in [1.54, 1.807) is 48.5 Å². The van der Waals surface area contributed by atoms with Gasteiger partial charge in [-0.25, -0.2) is 4.39 Å². The summed E-state index contributed by atoms with van der Waals surface area (Å²) in [5, 5.41) is 19.8. The van der Waals surface area contributed by atoms with Crippen LogP contribution in [0.5, 0.6) is 17.2 Å². The Kier molecular flexibility index (Phi) is 9.25. The maximum absolute atomic E-state index is 13.7. The van der Waals surface area contributed by atoms with Gasteiger partial charge in [-0.1, -0.05) is 29.3 Å². The average molecular weight is 575 g/mol. The van der Waals surface area contributed by atoms with Gasteiger partial charge in [0.05, 0.1) is 34.5 Å². The Morgan fingerprint density at radius 2 is 1.77 bits per heavy atom. The summed E-state index contributed by atoms with van der Waals surface area (Å²) in [7, 11) is 0. The summed E-state index contributed by atoms with van der Waals surface area (Å²) in [6, 6.07) is 17.2. The second-order valence-electron chi connectivity index (χ2n) is 8.59. The van der Waals surface area contributed by atoms with Crippen molar-refractivity contribution in [3.8, 4) is 28.5 Å². The van der Waals surface area contributed by atoms with Crippen molar-refractivity contribution in [1.82, 2.24) is 10.2 Å². The second kappa shape index (κ2) is 12.4. The molecule has 1 aromatic heterocycles. The molecule has 5 rings (SSSR count). The third-order valence-electron chi connectivity index (χ3n) is 6.07. The fourth-order valence-electron chi connectivity index (χ4n) is 4.08. The van der Waals surface area contributed by atoms with E-state index in [0.717, 1.165) is 0 Å². The van der Waals surface area contributed by atoms with Crippen LogP contribution in [0.25, 0.3) is 11.3 Å². The molecule has 0 saturated carbocycles. The molecule has 2 heterocycles. The number of aliphatic carboxylic acids is 1. The molecule has 1 aliphatic heterocycles. The molecular formula is C28H18Cl2FN2NaO5. The predicted octanol–water partition coefficient (Wildman–Crippen LogP) is 2.43. The molecule has 0 fully saturated rings. The van der Waals surface area contributed by atoms with Crippen LogP contribution < -0.4 is 44.1 Å². The summed E-state index contributed by atoms with van der Waals surface area (Å²) in [5.41, 5.74) is 2.34. The minimum Gasteiger partial charge on any atom is -0.549 e. The van der Waals surface area contributed by atoms with E-state index in [2.05, 4.69) is 10.2 Å². The number of Topliss-reactive ketones (excluding diaryl/α,β-unsaturated/α-hetero) is 1. The number of carboxylic acids is 1. The van der Waals surface area contributed by atoms with Crippen LogP contribution in [0, 0.1) is 5.82 Å². The molecule has 0 aliphatic carbocycles. The van der Waals surface area contributed by atoms with Gasteiger partial charge in [-0.05, 0) is 61.0 Å². The molecule has 0 saturated heterocycles. The monoisotopic (exact) mass is 574 g/mol. The molecule has 7 nitrogen and oxygen atoms in total. The van der Waals surface area contributed by atoms with Crippen molar-refractivity contribution < 1.29 is 58.1 Å². The van der Waals surface area contributed by atoms with Crippen molar-refractivity contribution in [3.63, 3.8) is 0 Å². The van der Waals surface area contributed by atoms with Crippen LogP contribution in [0.4, 0.5) is 4.39 Å². The normalized spacial score (nSPS) is 14.0. The van der Waals surface area contributed by atoms with Crippen molar-refractivity contribution in [1.29, 1.82) is 0 Å². The van der Waals surface area contributed by atoms with Gasteiger partial charge in [0.1, 0.15) is 23.1 Å². The smallest absolute Gasteiger partial charge is 0.549 e. The fourth-order valence-corrected chi connectivity index (χ4v) is 4.41. The first-order chi connectivity index (χ1) is 18.3. The van der Waals surface area contributed by atoms with Gasteiger partial charge in [-0.2, -0.15) is 10.2 Å². The fraction of sp³-hybridized carbons (Fsp3) is 0.143. The number of ether oxygens (including phenoxy) is 2. The molecule has 0 N–H and O–H groups in total. The van der Waals surface area contributed by atoms with E-state index in [0.29, 0.717) is 51.7 Å². The molecule has 3 aromatic carbocycles. The Hall–Kier alpha value is -3.01. The Labute approximate surface area is 255 Å². The number of carbonyl (C=O) groups excluding carboxylic acids is 2. The first-order valence-electron chi connectivity index (χ1n) is 11.5. The van der Waals surface area contributed by atoms with Gasteiger partial charge in [-0.15, -0.1) is 0 Å². The molecule has 0 amide bonds. The number of nitrogens with zero attached hydrogens (tertiary/aromatic N) is 2. The Morgan fingerprint density at radius 1 is 1.00 bits per heavy atom. The Bertz CT molecular complexity index is 1530. The first-order valence-corrected chi connectivity index (χ1v) is 12.3. The summed E-state index contributed by atoms with van der Waals surface area (Å²) in [4.78, 5) is 24.2. The van der Waals surface area contributed by atoms with E-state index in [9.17, 15) is 19.1 Å². The van der Waals surface area contributed by atoms with Crippen LogP contribution in [-0.4, -0.2) is 28.6 Å². The van der Waals surface area contributed by atoms with Gasteiger partial charge < -0.3 is 19.4 Å². The number of hydrogen-bond acceptors (Lipinski definition) is 7. The number of carbonyl (C=O) groups is 2. The summed E-state index contributed by atoms with van der Waals surface area (Å²) >= 11 is 12.1. The third kappa shape index (κ3) is 6.59. The number of ketones is 1. The zero-order valence-electron chi connectivity index (χ0n) is 20.6. The molecule has 1 atom stereocenters. The number of benzene rings is 3. The van der Waals surface area contributed by atoms with Gasteiger partial charge >= 0.3 is 29.6 Å². The second-order valence-corrected chi connectivity index (χ2v) is 9.41. The maximum atomic E-state index is 13.7. The van der Waals surface area contributed by atoms with E-state index in [1.165, 1.54) is 18.2 Å². The molecule has 1 aliphatic rings. The largest absolute Gasteiger partial charge is 1.00 e. The number of hydrogen-bond donors (Lipinski definition) is 0. The molecule has 0 bridgehead atoms. The molecule has 11 heteroatoms. The minimum absolute atomic E-state index is 0. The van der Waals surface area contributed by atoms with Crippen LogP contribution >= 0.6 is 23.2 Å². The van der Waals surface area contributed by atoms with Gasteiger partial charge in [-0.3, -0.25) is 4.79 Å². The SMILES string of the molecule is O=C(Cc1ccc(-c2ccc(Cl)c(F)c2)nn1)c1ccc(Oc2cc3c(cc2Cl)C(C(=O)[O-])CCO3)cc1.[Na+]. The van der Waals surface area contributed by atoms with Crippen LogP contribution in [0.1, 0.15) is 34.0 Å². The first kappa shape index (κ1) is 29.0. The zero-order chi connectivity index (χ0) is 26.8. The predicted molar refractivity (Wildman–Crippen MR) is 136 cm³/mol. The maximum Gasteiger partial charge on any atom is 1.00 e. The van der Waals surface area contributed by atoms with E-state index in [4.69, 9.17) is 32.7 Å². The van der Waals surface area contributed by atoms with Gasteiger partial charge in [0.2, 0.25) is 0 Å². The molecule has 4 aromatic rings. The summed E-state index contributed by atoms with van der Waals surface area (Å²) in [6.07, 6.45) is 0.329.